The highest BCUT2D eigenvalue weighted by molar-refractivity contribution is 5.38. The summed E-state index contributed by atoms with van der Waals surface area (Å²) in [5.41, 5.74) is 6.64. The van der Waals surface area contributed by atoms with Gasteiger partial charge in [-0.1, -0.05) is 0 Å². The molecule has 0 unspecified atom stereocenters. The Morgan fingerprint density at radius 3 is 2.57 bits per heavy atom. The lowest BCUT2D eigenvalue weighted by atomic mass is 10.0. The number of nitrogens with two attached hydrogens (primary N) is 1. The van der Waals surface area contributed by atoms with Gasteiger partial charge in [0.15, 0.2) is 0 Å². The van der Waals surface area contributed by atoms with E-state index < -0.39 is 0 Å². The van der Waals surface area contributed by atoms with Gasteiger partial charge < -0.3 is 11.1 Å². The first kappa shape index (κ1) is 10.9. The number of rotatable bonds is 4. The molecule has 0 amide bonds. The molecule has 3 N–H and O–H groups in total. The maximum Gasteiger partial charge on any atom is 0.147 e. The SMILES string of the molecule is Cc1nccnc1NCCC(C)(C)N. The van der Waals surface area contributed by atoms with Gasteiger partial charge in [-0.25, -0.2) is 4.98 Å². The van der Waals surface area contributed by atoms with E-state index in [1.54, 1.807) is 12.4 Å². The third-order valence-corrected chi connectivity index (χ3v) is 1.94. The second-order valence-electron chi connectivity index (χ2n) is 4.16. The summed E-state index contributed by atoms with van der Waals surface area (Å²) in [5, 5.41) is 3.22. The van der Waals surface area contributed by atoms with Crippen molar-refractivity contribution in [3.05, 3.63) is 18.1 Å². The Morgan fingerprint density at radius 2 is 2.00 bits per heavy atom. The van der Waals surface area contributed by atoms with Gasteiger partial charge in [0.2, 0.25) is 0 Å². The molecule has 0 saturated heterocycles. The highest BCUT2D eigenvalue weighted by atomic mass is 15.0. The van der Waals surface area contributed by atoms with Gasteiger partial charge in [0.05, 0.1) is 5.69 Å². The Morgan fingerprint density at radius 1 is 1.36 bits per heavy atom. The number of hydrogen-bond acceptors (Lipinski definition) is 4. The molecule has 1 heterocycles. The topological polar surface area (TPSA) is 63.8 Å². The van der Waals surface area contributed by atoms with Gasteiger partial charge in [-0.2, -0.15) is 0 Å². The van der Waals surface area contributed by atoms with E-state index in [-0.39, 0.29) is 5.54 Å². The molecule has 1 rings (SSSR count). The average Bonchev–Trinajstić information content (AvgIpc) is 2.06. The first-order chi connectivity index (χ1) is 6.49. The third kappa shape index (κ3) is 3.70. The molecule has 0 saturated carbocycles. The fourth-order valence-electron chi connectivity index (χ4n) is 1.08. The summed E-state index contributed by atoms with van der Waals surface area (Å²) in [4.78, 5) is 8.32. The van der Waals surface area contributed by atoms with E-state index in [0.29, 0.717) is 0 Å². The van der Waals surface area contributed by atoms with Gasteiger partial charge in [-0.3, -0.25) is 4.98 Å². The molecule has 0 aromatic carbocycles. The van der Waals surface area contributed by atoms with Crippen molar-refractivity contribution >= 4 is 5.82 Å². The molecule has 14 heavy (non-hydrogen) atoms. The molecule has 0 radical (unpaired) electrons. The lowest BCUT2D eigenvalue weighted by Crippen LogP contribution is -2.34. The van der Waals surface area contributed by atoms with Gasteiger partial charge in [-0.15, -0.1) is 0 Å². The van der Waals surface area contributed by atoms with E-state index in [9.17, 15) is 0 Å². The molecule has 0 spiro atoms. The van der Waals surface area contributed by atoms with Crippen LogP contribution in [0.25, 0.3) is 0 Å². The zero-order valence-electron chi connectivity index (χ0n) is 9.04. The molecule has 4 nitrogen and oxygen atoms in total. The van der Waals surface area contributed by atoms with Crippen LogP contribution in [-0.4, -0.2) is 22.1 Å². The molecule has 4 heteroatoms. The Bertz CT molecular complexity index is 290. The van der Waals surface area contributed by atoms with Crippen LogP contribution in [0, 0.1) is 6.92 Å². The highest BCUT2D eigenvalue weighted by Gasteiger charge is 2.09. The maximum atomic E-state index is 5.86. The number of aryl methyl sites for hydroxylation is 1. The standard InChI is InChI=1S/C10H18N4/c1-8-9(14-7-6-12-8)13-5-4-10(2,3)11/h6-7H,4-5,11H2,1-3H3,(H,13,14). The first-order valence-electron chi connectivity index (χ1n) is 4.79. The largest absolute Gasteiger partial charge is 0.369 e. The van der Waals surface area contributed by atoms with Gasteiger partial charge in [0, 0.05) is 24.5 Å². The predicted molar refractivity (Wildman–Crippen MR) is 58.1 cm³/mol. The van der Waals surface area contributed by atoms with Gasteiger partial charge in [-0.05, 0) is 27.2 Å². The number of nitrogens with one attached hydrogen (secondary N) is 1. The molecule has 0 aliphatic heterocycles. The highest BCUT2D eigenvalue weighted by Crippen LogP contribution is 2.08. The number of aromatic nitrogens is 2. The normalized spacial score (nSPS) is 11.4. The molecule has 0 atom stereocenters. The second-order valence-corrected chi connectivity index (χ2v) is 4.16. The number of nitrogens with zero attached hydrogens (tertiary/aromatic N) is 2. The van der Waals surface area contributed by atoms with Crippen molar-refractivity contribution in [2.24, 2.45) is 5.73 Å². The minimum Gasteiger partial charge on any atom is -0.369 e. The summed E-state index contributed by atoms with van der Waals surface area (Å²) in [6, 6.07) is 0. The molecule has 78 valence electrons. The van der Waals surface area contributed by atoms with Crippen molar-refractivity contribution in [1.82, 2.24) is 9.97 Å². The summed E-state index contributed by atoms with van der Waals surface area (Å²) in [5.74, 6) is 0.844. The summed E-state index contributed by atoms with van der Waals surface area (Å²) < 4.78 is 0. The van der Waals surface area contributed by atoms with E-state index in [4.69, 9.17) is 5.73 Å². The Kier molecular flexibility index (Phi) is 3.41. The van der Waals surface area contributed by atoms with Crippen molar-refractivity contribution in [2.45, 2.75) is 32.7 Å². The van der Waals surface area contributed by atoms with Crippen LogP contribution in [0.4, 0.5) is 5.82 Å². The second kappa shape index (κ2) is 4.37. The van der Waals surface area contributed by atoms with E-state index in [2.05, 4.69) is 15.3 Å². The van der Waals surface area contributed by atoms with Gasteiger partial charge >= 0.3 is 0 Å². The molecule has 0 aliphatic carbocycles. The number of anilines is 1. The van der Waals surface area contributed by atoms with Crippen LogP contribution in [0.15, 0.2) is 12.4 Å². The van der Waals surface area contributed by atoms with Crippen LogP contribution in [0.1, 0.15) is 26.0 Å². The van der Waals surface area contributed by atoms with Crippen molar-refractivity contribution < 1.29 is 0 Å². The first-order valence-corrected chi connectivity index (χ1v) is 4.79. The van der Waals surface area contributed by atoms with Gasteiger partial charge in [0.25, 0.3) is 0 Å². The van der Waals surface area contributed by atoms with E-state index >= 15 is 0 Å². The zero-order chi connectivity index (χ0) is 10.6. The summed E-state index contributed by atoms with van der Waals surface area (Å²) in [7, 11) is 0. The molecule has 0 fully saturated rings. The monoisotopic (exact) mass is 194 g/mol. The molecular formula is C10H18N4. The van der Waals surface area contributed by atoms with Crippen LogP contribution >= 0.6 is 0 Å². The van der Waals surface area contributed by atoms with Gasteiger partial charge in [0.1, 0.15) is 5.82 Å². The van der Waals surface area contributed by atoms with E-state index in [0.717, 1.165) is 24.5 Å². The van der Waals surface area contributed by atoms with Crippen LogP contribution in [0.3, 0.4) is 0 Å². The Labute approximate surface area is 85.0 Å². The van der Waals surface area contributed by atoms with Crippen LogP contribution in [-0.2, 0) is 0 Å². The summed E-state index contributed by atoms with van der Waals surface area (Å²) in [6.45, 7) is 6.78. The lowest BCUT2D eigenvalue weighted by Gasteiger charge is -2.18. The van der Waals surface area contributed by atoms with Crippen molar-refractivity contribution in [2.75, 3.05) is 11.9 Å². The van der Waals surface area contributed by atoms with Crippen molar-refractivity contribution in [1.29, 1.82) is 0 Å². The maximum absolute atomic E-state index is 5.86. The fourth-order valence-corrected chi connectivity index (χ4v) is 1.08. The minimum absolute atomic E-state index is 0.136. The Hall–Kier alpha value is -1.16. The van der Waals surface area contributed by atoms with Crippen LogP contribution in [0.2, 0.25) is 0 Å². The fraction of sp³-hybridized carbons (Fsp3) is 0.600. The van der Waals surface area contributed by atoms with E-state index in [1.165, 1.54) is 0 Å². The molecular weight excluding hydrogens is 176 g/mol. The molecule has 0 aliphatic rings. The third-order valence-electron chi connectivity index (χ3n) is 1.94. The number of hydrogen-bond donors (Lipinski definition) is 2. The Balaban J connectivity index is 2.43. The smallest absolute Gasteiger partial charge is 0.147 e. The lowest BCUT2D eigenvalue weighted by molar-refractivity contribution is 0.490. The van der Waals surface area contributed by atoms with Crippen molar-refractivity contribution in [3.8, 4) is 0 Å². The predicted octanol–water partition coefficient (Wildman–Crippen LogP) is 1.32. The van der Waals surface area contributed by atoms with E-state index in [1.807, 2.05) is 20.8 Å². The molecule has 1 aromatic heterocycles. The zero-order valence-corrected chi connectivity index (χ0v) is 9.04. The van der Waals surface area contributed by atoms with Crippen LogP contribution < -0.4 is 11.1 Å². The van der Waals surface area contributed by atoms with Crippen molar-refractivity contribution in [3.63, 3.8) is 0 Å². The molecule has 1 aromatic rings. The summed E-state index contributed by atoms with van der Waals surface area (Å²) >= 11 is 0. The minimum atomic E-state index is -0.136. The summed E-state index contributed by atoms with van der Waals surface area (Å²) in [6.07, 6.45) is 4.28. The quantitative estimate of drug-likeness (QED) is 0.759. The molecule has 0 bridgehead atoms. The van der Waals surface area contributed by atoms with Crippen LogP contribution in [0.5, 0.6) is 0 Å². The average molecular weight is 194 g/mol.